The minimum atomic E-state index is -0.478. The van der Waals surface area contributed by atoms with E-state index >= 15 is 0 Å². The van der Waals surface area contributed by atoms with Crippen LogP contribution in [0.25, 0.3) is 5.82 Å². The van der Waals surface area contributed by atoms with Crippen LogP contribution in [0.4, 0.5) is 15.0 Å². The second kappa shape index (κ2) is 7.57. The van der Waals surface area contributed by atoms with E-state index in [9.17, 15) is 9.18 Å². The van der Waals surface area contributed by atoms with Gasteiger partial charge in [0.25, 0.3) is 0 Å². The van der Waals surface area contributed by atoms with Gasteiger partial charge in [-0.2, -0.15) is 0 Å². The van der Waals surface area contributed by atoms with Crippen LogP contribution in [-0.2, 0) is 12.8 Å². The van der Waals surface area contributed by atoms with Gasteiger partial charge in [-0.25, -0.2) is 18.9 Å². The average molecular weight is 365 g/mol. The maximum absolute atomic E-state index is 13.8. The molecular weight excluding hydrogens is 345 g/mol. The van der Waals surface area contributed by atoms with Crippen LogP contribution in [0.1, 0.15) is 17.5 Å². The third-order valence-corrected chi connectivity index (χ3v) is 4.79. The zero-order valence-corrected chi connectivity index (χ0v) is 14.7. The number of benzene rings is 1. The van der Waals surface area contributed by atoms with Crippen molar-refractivity contribution >= 4 is 11.8 Å². The highest BCUT2D eigenvalue weighted by Gasteiger charge is 2.19. The molecule has 0 aliphatic heterocycles. The number of hydrogen-bond donors (Lipinski definition) is 2. The SMILES string of the molecule is O=C(NCC1CCc2ccccc2C1)Nc1ccn(-c2ncccc2F)n1. The van der Waals surface area contributed by atoms with E-state index in [1.54, 1.807) is 12.3 Å². The van der Waals surface area contributed by atoms with Crippen molar-refractivity contribution in [1.29, 1.82) is 0 Å². The predicted molar refractivity (Wildman–Crippen MR) is 100 cm³/mol. The summed E-state index contributed by atoms with van der Waals surface area (Å²) in [5.74, 6) is 0.373. The van der Waals surface area contributed by atoms with E-state index in [4.69, 9.17) is 0 Å². The van der Waals surface area contributed by atoms with Crippen LogP contribution in [0.15, 0.2) is 54.9 Å². The average Bonchev–Trinajstić information content (AvgIpc) is 3.14. The quantitative estimate of drug-likeness (QED) is 0.745. The molecule has 0 bridgehead atoms. The fraction of sp³-hybridized carbons (Fsp3) is 0.250. The number of anilines is 1. The zero-order valence-electron chi connectivity index (χ0n) is 14.7. The van der Waals surface area contributed by atoms with Gasteiger partial charge in [-0.05, 0) is 48.4 Å². The lowest BCUT2D eigenvalue weighted by Gasteiger charge is -2.24. The molecule has 2 N–H and O–H groups in total. The molecule has 0 spiro atoms. The molecule has 1 unspecified atom stereocenters. The molecule has 1 atom stereocenters. The van der Waals surface area contributed by atoms with E-state index in [1.165, 1.54) is 34.1 Å². The fourth-order valence-electron chi connectivity index (χ4n) is 3.40. The number of carbonyl (C=O) groups is 1. The number of aromatic nitrogens is 3. The molecule has 4 rings (SSSR count). The Kier molecular flexibility index (Phi) is 4.82. The zero-order chi connectivity index (χ0) is 18.6. The first-order chi connectivity index (χ1) is 13.2. The third kappa shape index (κ3) is 3.97. The molecule has 0 saturated heterocycles. The van der Waals surface area contributed by atoms with Crippen LogP contribution < -0.4 is 10.6 Å². The molecule has 0 radical (unpaired) electrons. The summed E-state index contributed by atoms with van der Waals surface area (Å²) >= 11 is 0. The highest BCUT2D eigenvalue weighted by molar-refractivity contribution is 5.88. The summed E-state index contributed by atoms with van der Waals surface area (Å²) in [6.07, 6.45) is 6.13. The van der Waals surface area contributed by atoms with E-state index in [2.05, 4.69) is 45.0 Å². The van der Waals surface area contributed by atoms with Crippen LogP contribution in [0.5, 0.6) is 0 Å². The van der Waals surface area contributed by atoms with Crippen molar-refractivity contribution < 1.29 is 9.18 Å². The van der Waals surface area contributed by atoms with Gasteiger partial charge in [0.2, 0.25) is 0 Å². The minimum absolute atomic E-state index is 0.0897. The Morgan fingerprint density at radius 2 is 2.04 bits per heavy atom. The minimum Gasteiger partial charge on any atom is -0.338 e. The number of fused-ring (bicyclic) bond motifs is 1. The van der Waals surface area contributed by atoms with Gasteiger partial charge in [0.05, 0.1) is 0 Å². The van der Waals surface area contributed by atoms with Crippen molar-refractivity contribution in [2.24, 2.45) is 5.92 Å². The van der Waals surface area contributed by atoms with Gasteiger partial charge in [0, 0.05) is 25.0 Å². The molecule has 2 aromatic heterocycles. The first-order valence-corrected chi connectivity index (χ1v) is 8.97. The van der Waals surface area contributed by atoms with Crippen molar-refractivity contribution in [3.63, 3.8) is 0 Å². The van der Waals surface area contributed by atoms with Gasteiger partial charge in [0.15, 0.2) is 17.5 Å². The summed E-state index contributed by atoms with van der Waals surface area (Å²) in [5, 5.41) is 9.73. The summed E-state index contributed by atoms with van der Waals surface area (Å²) in [6.45, 7) is 0.607. The van der Waals surface area contributed by atoms with Crippen LogP contribution in [0.3, 0.4) is 0 Å². The third-order valence-electron chi connectivity index (χ3n) is 4.79. The molecular formula is C20H20FN5O. The lowest BCUT2D eigenvalue weighted by molar-refractivity contribution is 0.249. The monoisotopic (exact) mass is 365 g/mol. The maximum Gasteiger partial charge on any atom is 0.320 e. The smallest absolute Gasteiger partial charge is 0.320 e. The number of nitrogens with zero attached hydrogens (tertiary/aromatic N) is 3. The molecule has 27 heavy (non-hydrogen) atoms. The molecule has 1 aliphatic carbocycles. The summed E-state index contributed by atoms with van der Waals surface area (Å²) in [5.41, 5.74) is 2.78. The highest BCUT2D eigenvalue weighted by Crippen LogP contribution is 2.24. The molecule has 1 aromatic carbocycles. The Balaban J connectivity index is 1.31. The first kappa shape index (κ1) is 17.2. The van der Waals surface area contributed by atoms with E-state index < -0.39 is 5.82 Å². The van der Waals surface area contributed by atoms with Gasteiger partial charge < -0.3 is 5.32 Å². The molecule has 2 heterocycles. The molecule has 2 amide bonds. The fourth-order valence-corrected chi connectivity index (χ4v) is 3.40. The summed E-state index contributed by atoms with van der Waals surface area (Å²) in [7, 11) is 0. The normalized spacial score (nSPS) is 15.8. The number of aryl methyl sites for hydroxylation is 1. The summed E-state index contributed by atoms with van der Waals surface area (Å²) in [6, 6.07) is 12.6. The van der Waals surface area contributed by atoms with Gasteiger partial charge in [-0.15, -0.1) is 5.10 Å². The first-order valence-electron chi connectivity index (χ1n) is 8.97. The number of nitrogens with one attached hydrogen (secondary N) is 2. The second-order valence-electron chi connectivity index (χ2n) is 6.67. The van der Waals surface area contributed by atoms with Crippen LogP contribution in [-0.4, -0.2) is 27.3 Å². The lowest BCUT2D eigenvalue weighted by Crippen LogP contribution is -2.35. The van der Waals surface area contributed by atoms with E-state index in [1.807, 2.05) is 0 Å². The number of amides is 2. The molecule has 3 aromatic rings. The largest absolute Gasteiger partial charge is 0.338 e. The van der Waals surface area contributed by atoms with Gasteiger partial charge in [-0.3, -0.25) is 5.32 Å². The van der Waals surface area contributed by atoms with E-state index in [0.717, 1.165) is 19.3 Å². The van der Waals surface area contributed by atoms with E-state index in [-0.39, 0.29) is 11.8 Å². The van der Waals surface area contributed by atoms with Crippen molar-refractivity contribution in [2.75, 3.05) is 11.9 Å². The molecule has 0 saturated carbocycles. The van der Waals surface area contributed by atoms with Crippen molar-refractivity contribution in [2.45, 2.75) is 19.3 Å². The van der Waals surface area contributed by atoms with Crippen LogP contribution in [0, 0.1) is 11.7 Å². The predicted octanol–water partition coefficient (Wildman–Crippen LogP) is 3.33. The summed E-state index contributed by atoms with van der Waals surface area (Å²) < 4.78 is 15.1. The topological polar surface area (TPSA) is 71.8 Å². The van der Waals surface area contributed by atoms with Crippen molar-refractivity contribution in [3.05, 3.63) is 71.8 Å². The Hall–Kier alpha value is -3.22. The number of pyridine rings is 1. The van der Waals surface area contributed by atoms with Crippen molar-refractivity contribution in [3.8, 4) is 5.82 Å². The molecule has 1 aliphatic rings. The van der Waals surface area contributed by atoms with E-state index in [0.29, 0.717) is 18.3 Å². The number of carbonyl (C=O) groups excluding carboxylic acids is 1. The highest BCUT2D eigenvalue weighted by atomic mass is 19.1. The number of halogens is 1. The van der Waals surface area contributed by atoms with Crippen LogP contribution in [0.2, 0.25) is 0 Å². The maximum atomic E-state index is 13.8. The number of rotatable bonds is 4. The van der Waals surface area contributed by atoms with Gasteiger partial charge in [-0.1, -0.05) is 24.3 Å². The Bertz CT molecular complexity index is 955. The summed E-state index contributed by atoms with van der Waals surface area (Å²) in [4.78, 5) is 16.1. The molecule has 7 heteroatoms. The standard InChI is InChI=1S/C20H20FN5O/c21-17-6-3-10-22-19(17)26-11-9-18(25-26)24-20(27)23-13-14-7-8-15-4-1-2-5-16(15)12-14/h1-6,9-11,14H,7-8,12-13H2,(H2,23,24,25,27). The number of urea groups is 1. The lowest BCUT2D eigenvalue weighted by atomic mass is 9.84. The Morgan fingerprint density at radius 3 is 2.89 bits per heavy atom. The Morgan fingerprint density at radius 1 is 1.19 bits per heavy atom. The van der Waals surface area contributed by atoms with Gasteiger partial charge in [0.1, 0.15) is 0 Å². The van der Waals surface area contributed by atoms with Crippen molar-refractivity contribution in [1.82, 2.24) is 20.1 Å². The Labute approximate surface area is 156 Å². The van der Waals surface area contributed by atoms with Crippen LogP contribution >= 0.6 is 0 Å². The molecule has 138 valence electrons. The van der Waals surface area contributed by atoms with Gasteiger partial charge >= 0.3 is 6.03 Å². The second-order valence-corrected chi connectivity index (χ2v) is 6.67. The molecule has 0 fully saturated rings. The molecule has 6 nitrogen and oxygen atoms in total. The number of hydrogen-bond acceptors (Lipinski definition) is 3.